The SMILES string of the molecule is S=C(S)C1=C(NCc2ccccc2)CCC1. The third kappa shape index (κ3) is 2.86. The average molecular weight is 249 g/mol. The molecule has 1 aliphatic rings. The van der Waals surface area contributed by atoms with Crippen LogP contribution in [0.15, 0.2) is 41.6 Å². The summed E-state index contributed by atoms with van der Waals surface area (Å²) >= 11 is 9.40. The van der Waals surface area contributed by atoms with Gasteiger partial charge in [0, 0.05) is 12.2 Å². The Labute approximate surface area is 107 Å². The standard InChI is InChI=1S/C13H15NS2/c15-13(16)11-7-4-8-12(11)14-9-10-5-2-1-3-6-10/h1-3,5-6,14H,4,7-9H2,(H,15,16). The van der Waals surface area contributed by atoms with E-state index in [0.717, 1.165) is 23.6 Å². The Morgan fingerprint density at radius 2 is 2.00 bits per heavy atom. The lowest BCUT2D eigenvalue weighted by Crippen LogP contribution is -2.13. The van der Waals surface area contributed by atoms with Crippen LogP contribution in [0.5, 0.6) is 0 Å². The van der Waals surface area contributed by atoms with Gasteiger partial charge in [0.05, 0.1) is 4.20 Å². The van der Waals surface area contributed by atoms with Gasteiger partial charge >= 0.3 is 0 Å². The third-order valence-electron chi connectivity index (χ3n) is 2.82. The van der Waals surface area contributed by atoms with E-state index in [1.165, 1.54) is 23.3 Å². The first kappa shape index (κ1) is 11.7. The summed E-state index contributed by atoms with van der Waals surface area (Å²) in [6, 6.07) is 10.4. The smallest absolute Gasteiger partial charge is 0.0724 e. The monoisotopic (exact) mass is 249 g/mol. The Kier molecular flexibility index (Phi) is 4.02. The molecule has 0 aliphatic heterocycles. The molecule has 16 heavy (non-hydrogen) atoms. The van der Waals surface area contributed by atoms with Crippen LogP contribution in [0.1, 0.15) is 24.8 Å². The lowest BCUT2D eigenvalue weighted by molar-refractivity contribution is 0.761. The summed E-state index contributed by atoms with van der Waals surface area (Å²) in [6.45, 7) is 0.871. The molecule has 0 spiro atoms. The van der Waals surface area contributed by atoms with Gasteiger partial charge in [-0.05, 0) is 30.4 Å². The van der Waals surface area contributed by atoms with Crippen LogP contribution in [0.3, 0.4) is 0 Å². The quantitative estimate of drug-likeness (QED) is 0.626. The highest BCUT2D eigenvalue weighted by Gasteiger charge is 2.15. The molecule has 0 fully saturated rings. The molecule has 1 nitrogen and oxygen atoms in total. The molecule has 0 atom stereocenters. The van der Waals surface area contributed by atoms with Crippen molar-refractivity contribution in [2.24, 2.45) is 0 Å². The molecule has 1 N–H and O–H groups in total. The van der Waals surface area contributed by atoms with Crippen LogP contribution < -0.4 is 5.32 Å². The molecule has 0 bridgehead atoms. The number of nitrogens with one attached hydrogen (secondary N) is 1. The molecule has 0 heterocycles. The van der Waals surface area contributed by atoms with Crippen LogP contribution in [0.4, 0.5) is 0 Å². The summed E-state index contributed by atoms with van der Waals surface area (Å²) in [6.07, 6.45) is 3.36. The van der Waals surface area contributed by atoms with Crippen LogP contribution in [-0.4, -0.2) is 4.20 Å². The van der Waals surface area contributed by atoms with E-state index >= 15 is 0 Å². The first-order chi connectivity index (χ1) is 7.77. The molecule has 1 aliphatic carbocycles. The van der Waals surface area contributed by atoms with Crippen molar-refractivity contribution >= 4 is 29.0 Å². The van der Waals surface area contributed by atoms with Crippen molar-refractivity contribution in [3.63, 3.8) is 0 Å². The van der Waals surface area contributed by atoms with Crippen molar-refractivity contribution in [1.82, 2.24) is 5.32 Å². The normalized spacial score (nSPS) is 15.3. The Morgan fingerprint density at radius 1 is 1.25 bits per heavy atom. The maximum Gasteiger partial charge on any atom is 0.0724 e. The van der Waals surface area contributed by atoms with Crippen LogP contribution in [-0.2, 0) is 6.54 Å². The maximum atomic E-state index is 5.13. The topological polar surface area (TPSA) is 12.0 Å². The van der Waals surface area contributed by atoms with Gasteiger partial charge in [0.15, 0.2) is 0 Å². The van der Waals surface area contributed by atoms with Crippen LogP contribution in [0.2, 0.25) is 0 Å². The molecular formula is C13H15NS2. The van der Waals surface area contributed by atoms with E-state index in [9.17, 15) is 0 Å². The van der Waals surface area contributed by atoms with E-state index < -0.39 is 0 Å². The number of thiocarbonyl (C=S) groups is 1. The van der Waals surface area contributed by atoms with E-state index in [1.54, 1.807) is 0 Å². The molecule has 84 valence electrons. The highest BCUT2D eigenvalue weighted by atomic mass is 32.1. The van der Waals surface area contributed by atoms with E-state index in [1.807, 2.05) is 6.07 Å². The summed E-state index contributed by atoms with van der Waals surface area (Å²) in [5, 5.41) is 3.47. The zero-order valence-electron chi connectivity index (χ0n) is 9.07. The Bertz CT molecular complexity index is 409. The molecule has 0 radical (unpaired) electrons. The average Bonchev–Trinajstić information content (AvgIpc) is 2.76. The number of hydrogen-bond donors (Lipinski definition) is 2. The molecule has 0 unspecified atom stereocenters. The summed E-state index contributed by atoms with van der Waals surface area (Å²) in [5.41, 5.74) is 3.81. The fourth-order valence-electron chi connectivity index (χ4n) is 1.98. The Hall–Kier alpha value is -0.800. The molecule has 1 aromatic carbocycles. The lowest BCUT2D eigenvalue weighted by Gasteiger charge is -2.09. The van der Waals surface area contributed by atoms with E-state index in [4.69, 9.17) is 12.2 Å². The number of benzene rings is 1. The fourth-order valence-corrected chi connectivity index (χ4v) is 2.45. The van der Waals surface area contributed by atoms with Crippen molar-refractivity contribution in [2.45, 2.75) is 25.8 Å². The van der Waals surface area contributed by atoms with Crippen LogP contribution >= 0.6 is 24.8 Å². The van der Waals surface area contributed by atoms with Crippen LogP contribution in [0.25, 0.3) is 0 Å². The van der Waals surface area contributed by atoms with Gasteiger partial charge in [0.25, 0.3) is 0 Å². The minimum Gasteiger partial charge on any atom is -0.384 e. The lowest BCUT2D eigenvalue weighted by atomic mass is 10.2. The Morgan fingerprint density at radius 3 is 2.69 bits per heavy atom. The fraction of sp³-hybridized carbons (Fsp3) is 0.308. The van der Waals surface area contributed by atoms with E-state index in [-0.39, 0.29) is 0 Å². The van der Waals surface area contributed by atoms with Gasteiger partial charge in [0.2, 0.25) is 0 Å². The van der Waals surface area contributed by atoms with E-state index in [2.05, 4.69) is 42.2 Å². The van der Waals surface area contributed by atoms with Crippen molar-refractivity contribution in [2.75, 3.05) is 0 Å². The van der Waals surface area contributed by atoms with Gasteiger partial charge in [-0.15, -0.1) is 12.6 Å². The largest absolute Gasteiger partial charge is 0.384 e. The number of rotatable bonds is 4. The molecule has 0 amide bonds. The summed E-state index contributed by atoms with van der Waals surface area (Å²) in [7, 11) is 0. The van der Waals surface area contributed by atoms with Crippen LogP contribution in [0, 0.1) is 0 Å². The Balaban J connectivity index is 2.00. The third-order valence-corrected chi connectivity index (χ3v) is 3.34. The molecule has 0 saturated carbocycles. The van der Waals surface area contributed by atoms with E-state index in [0.29, 0.717) is 0 Å². The summed E-state index contributed by atoms with van der Waals surface area (Å²) in [4.78, 5) is 0. The van der Waals surface area contributed by atoms with Gasteiger partial charge in [-0.25, -0.2) is 0 Å². The summed E-state index contributed by atoms with van der Waals surface area (Å²) < 4.78 is 0.744. The second-order valence-corrected chi connectivity index (χ2v) is 5.11. The first-order valence-corrected chi connectivity index (χ1v) is 6.36. The van der Waals surface area contributed by atoms with Gasteiger partial charge in [-0.2, -0.15) is 0 Å². The van der Waals surface area contributed by atoms with Crippen molar-refractivity contribution in [3.05, 3.63) is 47.2 Å². The maximum absolute atomic E-state index is 5.13. The predicted molar refractivity (Wildman–Crippen MR) is 75.7 cm³/mol. The zero-order chi connectivity index (χ0) is 11.4. The van der Waals surface area contributed by atoms with Gasteiger partial charge in [-0.1, -0.05) is 42.5 Å². The number of thiol groups is 1. The van der Waals surface area contributed by atoms with Gasteiger partial charge in [0.1, 0.15) is 0 Å². The van der Waals surface area contributed by atoms with Crippen molar-refractivity contribution in [3.8, 4) is 0 Å². The highest BCUT2D eigenvalue weighted by Crippen LogP contribution is 2.26. The predicted octanol–water partition coefficient (Wildman–Crippen LogP) is 3.47. The molecule has 2 rings (SSSR count). The minimum atomic E-state index is 0.744. The molecule has 3 heteroatoms. The minimum absolute atomic E-state index is 0.744. The zero-order valence-corrected chi connectivity index (χ0v) is 10.8. The van der Waals surface area contributed by atoms with Gasteiger partial charge < -0.3 is 5.32 Å². The van der Waals surface area contributed by atoms with Gasteiger partial charge in [-0.3, -0.25) is 0 Å². The molecule has 0 aromatic heterocycles. The second-order valence-electron chi connectivity index (χ2n) is 3.95. The summed E-state index contributed by atoms with van der Waals surface area (Å²) in [5.74, 6) is 0. The number of allylic oxidation sites excluding steroid dienone is 1. The van der Waals surface area contributed by atoms with Crippen molar-refractivity contribution in [1.29, 1.82) is 0 Å². The molecule has 0 saturated heterocycles. The highest BCUT2D eigenvalue weighted by molar-refractivity contribution is 8.11. The second kappa shape index (κ2) is 5.51. The van der Waals surface area contributed by atoms with Crippen molar-refractivity contribution < 1.29 is 0 Å². The number of hydrogen-bond acceptors (Lipinski definition) is 2. The first-order valence-electron chi connectivity index (χ1n) is 5.50. The molecule has 1 aromatic rings. The molecular weight excluding hydrogens is 234 g/mol.